The molecule has 0 bridgehead atoms. The predicted octanol–water partition coefficient (Wildman–Crippen LogP) is 0.360. The van der Waals surface area contributed by atoms with Crippen molar-refractivity contribution < 1.29 is 12.8 Å². The Balaban J connectivity index is 1.93. The van der Waals surface area contributed by atoms with Crippen molar-refractivity contribution in [1.82, 2.24) is 14.2 Å². The van der Waals surface area contributed by atoms with Gasteiger partial charge in [-0.3, -0.25) is 4.57 Å². The maximum atomic E-state index is 12.5. The Morgan fingerprint density at radius 2 is 2.00 bits per heavy atom. The van der Waals surface area contributed by atoms with Crippen LogP contribution in [0.5, 0.6) is 0 Å². The second-order valence-electron chi connectivity index (χ2n) is 5.98. The average molecular weight is 325 g/mol. The molecule has 8 heteroatoms. The molecule has 1 aromatic heterocycles. The first-order chi connectivity index (χ1) is 10.3. The molecule has 2 heterocycles. The summed E-state index contributed by atoms with van der Waals surface area (Å²) in [6.45, 7) is 3.57. The standard InChI is InChI=1S/C14H19N3O4S/c1-9-7-16(2)8-11(9)15-22(19,20)10-4-5-12-13(6-10)21-14(18)17(12)3/h4-6,9,11,15H,7-8H2,1-3H3. The first-order valence-electron chi connectivity index (χ1n) is 7.08. The van der Waals surface area contributed by atoms with Crippen molar-refractivity contribution in [2.75, 3.05) is 20.1 Å². The van der Waals surface area contributed by atoms with Gasteiger partial charge in [-0.05, 0) is 25.1 Å². The molecular weight excluding hydrogens is 306 g/mol. The lowest BCUT2D eigenvalue weighted by atomic mass is 10.1. The normalized spacial score (nSPS) is 23.4. The number of hydrogen-bond acceptors (Lipinski definition) is 5. The molecule has 0 aliphatic carbocycles. The van der Waals surface area contributed by atoms with E-state index in [1.54, 1.807) is 13.1 Å². The summed E-state index contributed by atoms with van der Waals surface area (Å²) in [4.78, 5) is 13.7. The van der Waals surface area contributed by atoms with E-state index in [1.165, 1.54) is 16.7 Å². The van der Waals surface area contributed by atoms with E-state index in [9.17, 15) is 13.2 Å². The summed E-state index contributed by atoms with van der Waals surface area (Å²) < 4.78 is 34.2. The first-order valence-corrected chi connectivity index (χ1v) is 8.57. The Hall–Kier alpha value is -1.64. The number of aromatic nitrogens is 1. The van der Waals surface area contributed by atoms with Crippen molar-refractivity contribution in [3.8, 4) is 0 Å². The lowest BCUT2D eigenvalue weighted by Crippen LogP contribution is -2.39. The van der Waals surface area contributed by atoms with E-state index in [4.69, 9.17) is 4.42 Å². The molecule has 1 aliphatic heterocycles. The summed E-state index contributed by atoms with van der Waals surface area (Å²) >= 11 is 0. The molecule has 0 radical (unpaired) electrons. The number of likely N-dealkylation sites (N-methyl/N-ethyl adjacent to an activating group) is 1. The highest BCUT2D eigenvalue weighted by Gasteiger charge is 2.31. The molecule has 7 nitrogen and oxygen atoms in total. The van der Waals surface area contributed by atoms with Crippen LogP contribution in [0.25, 0.3) is 11.1 Å². The average Bonchev–Trinajstić information content (AvgIpc) is 2.89. The molecule has 0 saturated carbocycles. The number of fused-ring (bicyclic) bond motifs is 1. The van der Waals surface area contributed by atoms with Crippen LogP contribution in [0.2, 0.25) is 0 Å². The van der Waals surface area contributed by atoms with Gasteiger partial charge >= 0.3 is 5.76 Å². The zero-order valence-corrected chi connectivity index (χ0v) is 13.6. The first kappa shape index (κ1) is 15.3. The summed E-state index contributed by atoms with van der Waals surface area (Å²) in [5.41, 5.74) is 0.838. The third-order valence-electron chi connectivity index (χ3n) is 4.18. The molecule has 0 amide bonds. The number of oxazole rings is 1. The molecule has 1 aliphatic rings. The second-order valence-corrected chi connectivity index (χ2v) is 7.70. The second kappa shape index (κ2) is 5.22. The lowest BCUT2D eigenvalue weighted by molar-refractivity contribution is 0.400. The fraction of sp³-hybridized carbons (Fsp3) is 0.500. The van der Waals surface area contributed by atoms with Crippen molar-refractivity contribution in [3.05, 3.63) is 28.7 Å². The highest BCUT2D eigenvalue weighted by molar-refractivity contribution is 7.89. The number of hydrogen-bond donors (Lipinski definition) is 1. The number of sulfonamides is 1. The summed E-state index contributed by atoms with van der Waals surface area (Å²) in [6.07, 6.45) is 0. The Morgan fingerprint density at radius 1 is 1.27 bits per heavy atom. The minimum absolute atomic E-state index is 0.108. The van der Waals surface area contributed by atoms with E-state index in [0.717, 1.165) is 6.54 Å². The van der Waals surface area contributed by atoms with E-state index < -0.39 is 15.8 Å². The third-order valence-corrected chi connectivity index (χ3v) is 5.66. The molecule has 3 rings (SSSR count). The van der Waals surface area contributed by atoms with E-state index in [1.807, 2.05) is 14.0 Å². The van der Waals surface area contributed by atoms with Crippen LogP contribution in [0, 0.1) is 5.92 Å². The molecular formula is C14H19N3O4S. The van der Waals surface area contributed by atoms with Gasteiger partial charge in [0, 0.05) is 32.2 Å². The molecule has 1 N–H and O–H groups in total. The van der Waals surface area contributed by atoms with Crippen molar-refractivity contribution >= 4 is 21.1 Å². The van der Waals surface area contributed by atoms with Crippen LogP contribution in [-0.2, 0) is 17.1 Å². The van der Waals surface area contributed by atoms with Gasteiger partial charge in [0.2, 0.25) is 10.0 Å². The summed E-state index contributed by atoms with van der Waals surface area (Å²) in [5, 5.41) is 0. The number of rotatable bonds is 3. The molecule has 1 saturated heterocycles. The number of aryl methyl sites for hydroxylation is 1. The molecule has 2 atom stereocenters. The van der Waals surface area contributed by atoms with Crippen molar-refractivity contribution in [2.24, 2.45) is 13.0 Å². The number of likely N-dealkylation sites (tertiary alicyclic amines) is 1. The molecule has 22 heavy (non-hydrogen) atoms. The fourth-order valence-electron chi connectivity index (χ4n) is 2.91. The monoisotopic (exact) mass is 325 g/mol. The maximum absolute atomic E-state index is 12.5. The SMILES string of the molecule is CC1CN(C)CC1NS(=O)(=O)c1ccc2c(c1)oc(=O)n2C. The lowest BCUT2D eigenvalue weighted by Gasteiger charge is -2.16. The van der Waals surface area contributed by atoms with E-state index in [-0.39, 0.29) is 22.4 Å². The minimum atomic E-state index is -3.64. The van der Waals surface area contributed by atoms with Gasteiger partial charge in [0.1, 0.15) is 0 Å². The van der Waals surface area contributed by atoms with Gasteiger partial charge in [-0.1, -0.05) is 6.92 Å². The summed E-state index contributed by atoms with van der Waals surface area (Å²) in [5.74, 6) is -0.262. The molecule has 1 fully saturated rings. The zero-order valence-electron chi connectivity index (χ0n) is 12.7. The van der Waals surface area contributed by atoms with Crippen molar-refractivity contribution in [2.45, 2.75) is 17.9 Å². The van der Waals surface area contributed by atoms with Gasteiger partial charge in [-0.2, -0.15) is 0 Å². The molecule has 120 valence electrons. The van der Waals surface area contributed by atoms with Gasteiger partial charge < -0.3 is 9.32 Å². The van der Waals surface area contributed by atoms with Crippen LogP contribution in [0.15, 0.2) is 32.3 Å². The van der Waals surface area contributed by atoms with Crippen molar-refractivity contribution in [1.29, 1.82) is 0 Å². The molecule has 0 spiro atoms. The van der Waals surface area contributed by atoms with E-state index in [0.29, 0.717) is 12.1 Å². The highest BCUT2D eigenvalue weighted by atomic mass is 32.2. The van der Waals surface area contributed by atoms with Gasteiger partial charge in [0.05, 0.1) is 10.4 Å². The fourth-order valence-corrected chi connectivity index (χ4v) is 4.26. The smallest absolute Gasteiger partial charge is 0.408 e. The molecule has 2 unspecified atom stereocenters. The van der Waals surface area contributed by atoms with Gasteiger partial charge in [0.25, 0.3) is 0 Å². The van der Waals surface area contributed by atoms with Crippen LogP contribution in [0.3, 0.4) is 0 Å². The Kier molecular flexibility index (Phi) is 3.62. The Bertz CT molecular complexity index is 868. The number of benzene rings is 1. The quantitative estimate of drug-likeness (QED) is 0.881. The maximum Gasteiger partial charge on any atom is 0.419 e. The van der Waals surface area contributed by atoms with Crippen molar-refractivity contribution in [3.63, 3.8) is 0 Å². The van der Waals surface area contributed by atoms with Gasteiger partial charge in [-0.15, -0.1) is 0 Å². The van der Waals surface area contributed by atoms with Crippen LogP contribution < -0.4 is 10.5 Å². The van der Waals surface area contributed by atoms with Crippen LogP contribution >= 0.6 is 0 Å². The van der Waals surface area contributed by atoms with Gasteiger partial charge in [-0.25, -0.2) is 17.9 Å². The van der Waals surface area contributed by atoms with Crippen LogP contribution in [0.4, 0.5) is 0 Å². The highest BCUT2D eigenvalue weighted by Crippen LogP contribution is 2.21. The van der Waals surface area contributed by atoms with Crippen LogP contribution in [0.1, 0.15) is 6.92 Å². The Labute approximate surface area is 128 Å². The largest absolute Gasteiger partial charge is 0.419 e. The minimum Gasteiger partial charge on any atom is -0.408 e. The van der Waals surface area contributed by atoms with Gasteiger partial charge in [0.15, 0.2) is 5.58 Å². The van der Waals surface area contributed by atoms with E-state index >= 15 is 0 Å². The zero-order chi connectivity index (χ0) is 16.1. The summed E-state index contributed by atoms with van der Waals surface area (Å²) in [6, 6.07) is 4.35. The van der Waals surface area contributed by atoms with Crippen LogP contribution in [-0.4, -0.2) is 44.1 Å². The molecule has 2 aromatic rings. The topological polar surface area (TPSA) is 84.6 Å². The predicted molar refractivity (Wildman–Crippen MR) is 82.2 cm³/mol. The van der Waals surface area contributed by atoms with E-state index in [2.05, 4.69) is 9.62 Å². The summed E-state index contributed by atoms with van der Waals surface area (Å²) in [7, 11) is -0.0953. The number of nitrogens with one attached hydrogen (secondary N) is 1. The Morgan fingerprint density at radius 3 is 2.64 bits per heavy atom. The number of nitrogens with zero attached hydrogens (tertiary/aromatic N) is 2. The third kappa shape index (κ3) is 2.57. The molecule has 1 aromatic carbocycles.